The number of carbonyl (C=O) groups excluding carboxylic acids is 1. The SMILES string of the molecule is CC(=O)O[C@@H]1C[C@@H](c2ccccc2[Si](C)(C)C)N(C)O1.[C-]#[O+].[C-]#[O+].[C-]#[O+].[Cr]. The topological polar surface area (TPSA) is 98.5 Å². The van der Waals surface area contributed by atoms with Gasteiger partial charge in [-0.2, -0.15) is 5.06 Å². The average Bonchev–Trinajstić information content (AvgIpc) is 2.99. The minimum absolute atomic E-state index is 0. The molecule has 1 aliphatic heterocycles. The van der Waals surface area contributed by atoms with Crippen LogP contribution in [0, 0.1) is 20.0 Å². The fraction of sp³-hybridized carbons (Fsp3) is 0.444. The van der Waals surface area contributed by atoms with Gasteiger partial charge in [0.15, 0.2) is 0 Å². The predicted octanol–water partition coefficient (Wildman–Crippen LogP) is 2.31. The number of hydrogen-bond donors (Lipinski definition) is 0. The summed E-state index contributed by atoms with van der Waals surface area (Å²) in [6, 6.07) is 8.67. The first-order chi connectivity index (χ1) is 12.3. The maximum atomic E-state index is 11.1. The first kappa shape index (κ1) is 30.3. The van der Waals surface area contributed by atoms with Crippen LogP contribution in [0.2, 0.25) is 19.6 Å². The minimum Gasteiger partial charge on any atom is 0 e. The van der Waals surface area contributed by atoms with Gasteiger partial charge in [-0.05, 0) is 5.56 Å². The number of nitrogens with zero attached hydrogens (tertiary/aromatic N) is 1. The number of hydrogen-bond acceptors (Lipinski definition) is 4. The molecule has 1 aromatic carbocycles. The molecule has 7 nitrogen and oxygen atoms in total. The van der Waals surface area contributed by atoms with E-state index in [1.165, 1.54) is 17.7 Å². The third kappa shape index (κ3) is 9.90. The van der Waals surface area contributed by atoms with E-state index >= 15 is 0 Å². The first-order valence-electron chi connectivity index (χ1n) is 7.56. The molecule has 0 saturated carbocycles. The standard InChI is InChI=1S/C15H23NO3Si.3CO.Cr/c1-11(17)18-15-10-13(16(2)19-15)12-8-6-7-9-14(12)20(3,4)5;3*1-2;/h6-9,13,15H,10H2,1-5H3;;;;/t13-,15-;;;;/m0..../s1. The summed E-state index contributed by atoms with van der Waals surface area (Å²) in [7, 11) is 0.479. The molecule has 9 heteroatoms. The van der Waals surface area contributed by atoms with Gasteiger partial charge in [0.25, 0.3) is 0 Å². The van der Waals surface area contributed by atoms with Crippen molar-refractivity contribution < 1.29 is 45.7 Å². The van der Waals surface area contributed by atoms with E-state index in [9.17, 15) is 4.79 Å². The molecule has 0 aliphatic carbocycles. The largest absolute Gasteiger partial charge is 0 e. The van der Waals surface area contributed by atoms with E-state index in [0.29, 0.717) is 6.42 Å². The molecule has 27 heavy (non-hydrogen) atoms. The van der Waals surface area contributed by atoms with Gasteiger partial charge in [0, 0.05) is 37.8 Å². The quantitative estimate of drug-likeness (QED) is 0.319. The van der Waals surface area contributed by atoms with E-state index in [1.807, 2.05) is 12.1 Å². The second kappa shape index (κ2) is 15.6. The van der Waals surface area contributed by atoms with Crippen molar-refractivity contribution in [1.82, 2.24) is 5.06 Å². The van der Waals surface area contributed by atoms with Crippen molar-refractivity contribution in [3.8, 4) is 0 Å². The Kier molecular flexibility index (Phi) is 17.5. The molecule has 1 aliphatic rings. The summed E-state index contributed by atoms with van der Waals surface area (Å²) >= 11 is 0. The van der Waals surface area contributed by atoms with E-state index < -0.39 is 14.4 Å². The van der Waals surface area contributed by atoms with E-state index in [2.05, 4.69) is 63.9 Å². The van der Waals surface area contributed by atoms with Gasteiger partial charge in [0.1, 0.15) is 0 Å². The van der Waals surface area contributed by atoms with E-state index in [-0.39, 0.29) is 29.4 Å². The van der Waals surface area contributed by atoms with Gasteiger partial charge in [-0.15, -0.1) is 0 Å². The smallest absolute Gasteiger partial charge is 0 e. The molecule has 146 valence electrons. The number of hydroxylamine groups is 2. The summed E-state index contributed by atoms with van der Waals surface area (Å²) in [6.45, 7) is 21.9. The minimum atomic E-state index is -1.42. The Hall–Kier alpha value is -1.42. The van der Waals surface area contributed by atoms with Crippen LogP contribution in [0.1, 0.15) is 24.9 Å². The molecule has 1 saturated heterocycles. The van der Waals surface area contributed by atoms with Gasteiger partial charge < -0.3 is 4.74 Å². The molecular formula is C18H23CrNO6Si. The van der Waals surface area contributed by atoms with Crippen LogP contribution in [0.15, 0.2) is 24.3 Å². The summed E-state index contributed by atoms with van der Waals surface area (Å²) in [5.41, 5.74) is 1.30. The molecule has 0 unspecified atom stereocenters. The molecule has 0 amide bonds. The number of rotatable bonds is 3. The Bertz CT molecular complexity index is 612. The van der Waals surface area contributed by atoms with E-state index in [0.717, 1.165) is 0 Å². The van der Waals surface area contributed by atoms with Gasteiger partial charge in [-0.1, -0.05) is 49.1 Å². The Labute approximate surface area is 172 Å². The maximum Gasteiger partial charge on any atom is 0 e. The summed E-state index contributed by atoms with van der Waals surface area (Å²) in [5, 5.41) is 3.25. The molecule has 0 spiro atoms. The molecule has 1 heterocycles. The van der Waals surface area contributed by atoms with Crippen LogP contribution in [0.5, 0.6) is 0 Å². The molecule has 2 rings (SSSR count). The van der Waals surface area contributed by atoms with Crippen LogP contribution < -0.4 is 5.19 Å². The van der Waals surface area contributed by atoms with E-state index in [4.69, 9.17) is 23.5 Å². The summed E-state index contributed by atoms with van der Waals surface area (Å²) in [4.78, 5) is 16.7. The van der Waals surface area contributed by atoms with Crippen molar-refractivity contribution in [3.05, 3.63) is 49.8 Å². The number of esters is 1. The zero-order valence-corrected chi connectivity index (χ0v) is 18.3. The van der Waals surface area contributed by atoms with E-state index in [1.54, 1.807) is 0 Å². The van der Waals surface area contributed by atoms with Crippen LogP contribution in [0.25, 0.3) is 0 Å². The molecular weight excluding hydrogens is 406 g/mol. The Balaban J connectivity index is -0.000000749. The summed E-state index contributed by atoms with van der Waals surface area (Å²) in [5.74, 6) is -0.303. The molecule has 0 radical (unpaired) electrons. The van der Waals surface area contributed by atoms with Crippen LogP contribution >= 0.6 is 0 Å². The third-order valence-electron chi connectivity index (χ3n) is 3.56. The molecule has 1 fully saturated rings. The normalized spacial score (nSPS) is 17.9. The second-order valence-electron chi connectivity index (χ2n) is 6.28. The first-order valence-corrected chi connectivity index (χ1v) is 11.1. The van der Waals surface area contributed by atoms with Gasteiger partial charge in [-0.25, -0.2) is 0 Å². The van der Waals surface area contributed by atoms with Crippen LogP contribution in [-0.4, -0.2) is 32.4 Å². The molecule has 0 bridgehead atoms. The number of ether oxygens (including phenoxy) is 1. The van der Waals surface area contributed by atoms with Crippen LogP contribution in [-0.2, 0) is 45.7 Å². The summed E-state index contributed by atoms with van der Waals surface area (Å²) < 4.78 is 27.7. The molecule has 2 atom stereocenters. The second-order valence-corrected chi connectivity index (χ2v) is 11.3. The number of benzene rings is 1. The van der Waals surface area contributed by atoms with Crippen molar-refractivity contribution in [2.75, 3.05) is 7.05 Å². The van der Waals surface area contributed by atoms with Gasteiger partial charge in [0.2, 0.25) is 6.29 Å². The molecule has 0 aromatic heterocycles. The zero-order valence-electron chi connectivity index (χ0n) is 16.0. The van der Waals surface area contributed by atoms with Gasteiger partial charge in [0.05, 0.1) is 14.1 Å². The van der Waals surface area contributed by atoms with Crippen LogP contribution in [0.4, 0.5) is 0 Å². The zero-order chi connectivity index (χ0) is 20.9. The fourth-order valence-electron chi connectivity index (χ4n) is 2.68. The third-order valence-corrected chi connectivity index (χ3v) is 5.64. The van der Waals surface area contributed by atoms with Crippen molar-refractivity contribution >= 4 is 19.2 Å². The number of carbonyl (C=O) groups is 1. The van der Waals surface area contributed by atoms with Crippen molar-refractivity contribution in [2.24, 2.45) is 0 Å². The van der Waals surface area contributed by atoms with Crippen molar-refractivity contribution in [3.63, 3.8) is 0 Å². The van der Waals surface area contributed by atoms with Gasteiger partial charge in [-0.3, -0.25) is 9.63 Å². The monoisotopic (exact) mass is 429 g/mol. The average molecular weight is 429 g/mol. The summed E-state index contributed by atoms with van der Waals surface area (Å²) in [6.07, 6.45) is 0.203. The Morgan fingerprint density at radius 3 is 2.07 bits per heavy atom. The Morgan fingerprint density at radius 1 is 1.15 bits per heavy atom. The van der Waals surface area contributed by atoms with Gasteiger partial charge >= 0.3 is 39.9 Å². The van der Waals surface area contributed by atoms with Crippen LogP contribution in [0.3, 0.4) is 0 Å². The fourth-order valence-corrected chi connectivity index (χ4v) is 4.39. The Morgan fingerprint density at radius 2 is 1.63 bits per heavy atom. The van der Waals surface area contributed by atoms with Crippen molar-refractivity contribution in [1.29, 1.82) is 0 Å². The molecule has 1 aromatic rings. The van der Waals surface area contributed by atoms with Crippen molar-refractivity contribution in [2.45, 2.75) is 45.3 Å². The molecule has 0 N–H and O–H groups in total. The predicted molar refractivity (Wildman–Crippen MR) is 93.0 cm³/mol. The maximum absolute atomic E-state index is 11.1.